The first kappa shape index (κ1) is 15.7. The maximum atomic E-state index is 13.8. The molecular formula is C17H15BrF2N4. The number of nitrogens with zero attached hydrogens (tertiary/aromatic N) is 3. The molecule has 124 valence electrons. The first-order chi connectivity index (χ1) is 11.5. The highest BCUT2D eigenvalue weighted by molar-refractivity contribution is 9.10. The summed E-state index contributed by atoms with van der Waals surface area (Å²) in [4.78, 5) is 9.98. The average Bonchev–Trinajstić information content (AvgIpc) is 2.94. The average molecular weight is 393 g/mol. The van der Waals surface area contributed by atoms with Crippen LogP contribution in [-0.4, -0.2) is 41.4 Å². The van der Waals surface area contributed by atoms with Gasteiger partial charge in [0.2, 0.25) is 0 Å². The molecule has 1 aromatic carbocycles. The minimum Gasteiger partial charge on any atom is -0.339 e. The highest BCUT2D eigenvalue weighted by Crippen LogP contribution is 2.39. The van der Waals surface area contributed by atoms with Gasteiger partial charge in [0, 0.05) is 16.9 Å². The van der Waals surface area contributed by atoms with Crippen LogP contribution in [0.2, 0.25) is 0 Å². The number of fused-ring (bicyclic) bond motifs is 1. The van der Waals surface area contributed by atoms with Crippen molar-refractivity contribution in [1.82, 2.24) is 15.2 Å². The van der Waals surface area contributed by atoms with Gasteiger partial charge in [-0.1, -0.05) is 28.1 Å². The number of alkyl halides is 2. The number of amidine groups is 1. The van der Waals surface area contributed by atoms with Gasteiger partial charge in [-0.15, -0.1) is 0 Å². The van der Waals surface area contributed by atoms with Crippen molar-refractivity contribution >= 4 is 21.8 Å². The molecule has 4 nitrogen and oxygen atoms in total. The second-order valence-corrected chi connectivity index (χ2v) is 6.94. The van der Waals surface area contributed by atoms with Gasteiger partial charge in [-0.2, -0.15) is 0 Å². The molecule has 1 unspecified atom stereocenters. The minimum absolute atomic E-state index is 0.320. The van der Waals surface area contributed by atoms with Crippen LogP contribution in [0.15, 0.2) is 58.3 Å². The number of aromatic nitrogens is 1. The fourth-order valence-corrected chi connectivity index (χ4v) is 3.83. The number of rotatable bonds is 2. The summed E-state index contributed by atoms with van der Waals surface area (Å²) in [6.07, 6.45) is 3.41. The highest BCUT2D eigenvalue weighted by Gasteiger charge is 2.51. The van der Waals surface area contributed by atoms with Crippen molar-refractivity contribution < 1.29 is 8.78 Å². The third kappa shape index (κ3) is 2.43. The standard InChI is InChI=1S/C17H15BrF2N4/c18-14-3-1-2-13(8-14)17(12-4-6-21-7-5-12)15-22-9-16(19,20)10-24(15)11-23-17/h1-8,23H,9-11H2. The molecule has 2 aromatic rings. The monoisotopic (exact) mass is 392 g/mol. The number of benzene rings is 1. The van der Waals surface area contributed by atoms with Crippen molar-refractivity contribution in [3.05, 3.63) is 64.4 Å². The van der Waals surface area contributed by atoms with Gasteiger partial charge in [0.15, 0.2) is 0 Å². The zero-order chi connectivity index (χ0) is 16.8. The van der Waals surface area contributed by atoms with Crippen molar-refractivity contribution in [1.29, 1.82) is 0 Å². The zero-order valence-corrected chi connectivity index (χ0v) is 14.3. The minimum atomic E-state index is -2.79. The van der Waals surface area contributed by atoms with E-state index in [4.69, 9.17) is 0 Å². The predicted molar refractivity (Wildman–Crippen MR) is 91.1 cm³/mol. The Balaban J connectivity index is 1.92. The predicted octanol–water partition coefficient (Wildman–Crippen LogP) is 3.00. The molecule has 0 amide bonds. The van der Waals surface area contributed by atoms with Crippen molar-refractivity contribution in [3.8, 4) is 0 Å². The number of aliphatic imine (C=N–C) groups is 1. The molecule has 0 bridgehead atoms. The lowest BCUT2D eigenvalue weighted by Gasteiger charge is -2.35. The molecule has 1 atom stereocenters. The second kappa shape index (κ2) is 5.60. The van der Waals surface area contributed by atoms with E-state index in [0.29, 0.717) is 12.5 Å². The fourth-order valence-electron chi connectivity index (χ4n) is 3.43. The van der Waals surface area contributed by atoms with Crippen molar-refractivity contribution in [2.75, 3.05) is 19.8 Å². The van der Waals surface area contributed by atoms with Gasteiger partial charge in [0.05, 0.1) is 13.2 Å². The molecule has 0 saturated carbocycles. The molecule has 3 heterocycles. The topological polar surface area (TPSA) is 40.5 Å². The van der Waals surface area contributed by atoms with Crippen LogP contribution in [0.4, 0.5) is 8.78 Å². The smallest absolute Gasteiger partial charge is 0.284 e. The molecule has 24 heavy (non-hydrogen) atoms. The van der Waals surface area contributed by atoms with Gasteiger partial charge in [0.25, 0.3) is 5.92 Å². The summed E-state index contributed by atoms with van der Waals surface area (Å²) in [6.45, 7) is -0.482. The first-order valence-corrected chi connectivity index (χ1v) is 8.40. The SMILES string of the molecule is FC1(F)CN=C2N(CNC2(c2ccncc2)c2cccc(Br)c2)C1. The Morgan fingerprint density at radius 2 is 1.92 bits per heavy atom. The van der Waals surface area contributed by atoms with Crippen molar-refractivity contribution in [2.24, 2.45) is 4.99 Å². The number of halogens is 3. The van der Waals surface area contributed by atoms with Crippen LogP contribution in [-0.2, 0) is 5.54 Å². The molecule has 1 aromatic heterocycles. The second-order valence-electron chi connectivity index (χ2n) is 6.02. The molecule has 2 aliphatic rings. The number of hydrogen-bond acceptors (Lipinski definition) is 4. The fraction of sp³-hybridized carbons (Fsp3) is 0.294. The maximum Gasteiger partial charge on any atom is 0.284 e. The molecule has 0 radical (unpaired) electrons. The van der Waals surface area contributed by atoms with Gasteiger partial charge in [0.1, 0.15) is 17.9 Å². The van der Waals surface area contributed by atoms with E-state index in [-0.39, 0.29) is 6.54 Å². The van der Waals surface area contributed by atoms with E-state index < -0.39 is 18.0 Å². The van der Waals surface area contributed by atoms with Gasteiger partial charge in [-0.05, 0) is 35.4 Å². The van der Waals surface area contributed by atoms with E-state index in [1.54, 1.807) is 17.3 Å². The van der Waals surface area contributed by atoms with Gasteiger partial charge in [-0.3, -0.25) is 15.3 Å². The molecule has 7 heteroatoms. The first-order valence-electron chi connectivity index (χ1n) is 7.61. The summed E-state index contributed by atoms with van der Waals surface area (Å²) in [7, 11) is 0. The summed E-state index contributed by atoms with van der Waals surface area (Å²) in [5, 5.41) is 3.42. The summed E-state index contributed by atoms with van der Waals surface area (Å²) in [5.41, 5.74) is 1.14. The van der Waals surface area contributed by atoms with Crippen LogP contribution in [0.25, 0.3) is 0 Å². The molecule has 1 saturated heterocycles. The van der Waals surface area contributed by atoms with E-state index in [0.717, 1.165) is 15.6 Å². The molecular weight excluding hydrogens is 378 g/mol. The zero-order valence-electron chi connectivity index (χ0n) is 12.7. The lowest BCUT2D eigenvalue weighted by atomic mass is 9.82. The highest BCUT2D eigenvalue weighted by atomic mass is 79.9. The molecule has 1 N–H and O–H groups in total. The third-order valence-corrected chi connectivity index (χ3v) is 4.92. The largest absolute Gasteiger partial charge is 0.339 e. The van der Waals surface area contributed by atoms with Crippen molar-refractivity contribution in [2.45, 2.75) is 11.5 Å². The summed E-state index contributed by atoms with van der Waals surface area (Å²) in [5.74, 6) is -2.16. The third-order valence-electron chi connectivity index (χ3n) is 4.42. The lowest BCUT2D eigenvalue weighted by Crippen LogP contribution is -2.50. The normalized spacial score (nSPS) is 25.3. The van der Waals surface area contributed by atoms with Crippen LogP contribution in [0.1, 0.15) is 11.1 Å². The molecule has 1 fully saturated rings. The number of nitrogens with one attached hydrogen (secondary N) is 1. The Morgan fingerprint density at radius 1 is 1.12 bits per heavy atom. The Morgan fingerprint density at radius 3 is 2.67 bits per heavy atom. The Bertz CT molecular complexity index is 796. The van der Waals surface area contributed by atoms with Gasteiger partial charge in [-0.25, -0.2) is 8.78 Å². The molecule has 0 spiro atoms. The van der Waals surface area contributed by atoms with Gasteiger partial charge < -0.3 is 4.90 Å². The quantitative estimate of drug-likeness (QED) is 0.853. The van der Waals surface area contributed by atoms with E-state index >= 15 is 0 Å². The molecule has 2 aliphatic heterocycles. The molecule has 4 rings (SSSR count). The van der Waals surface area contributed by atoms with E-state index in [1.165, 1.54) is 0 Å². The Labute approximate surface area is 146 Å². The van der Waals surface area contributed by atoms with Crippen LogP contribution in [0, 0.1) is 0 Å². The summed E-state index contributed by atoms with van der Waals surface area (Å²) >= 11 is 3.50. The maximum absolute atomic E-state index is 13.8. The van der Waals surface area contributed by atoms with E-state index in [9.17, 15) is 8.78 Å². The van der Waals surface area contributed by atoms with E-state index in [1.807, 2.05) is 36.4 Å². The molecule has 0 aliphatic carbocycles. The van der Waals surface area contributed by atoms with E-state index in [2.05, 4.69) is 31.2 Å². The summed E-state index contributed by atoms with van der Waals surface area (Å²) < 4.78 is 28.5. The van der Waals surface area contributed by atoms with Crippen molar-refractivity contribution in [3.63, 3.8) is 0 Å². The number of hydrogen-bond donors (Lipinski definition) is 1. The van der Waals surface area contributed by atoms with Crippen LogP contribution in [0.5, 0.6) is 0 Å². The van der Waals surface area contributed by atoms with Crippen LogP contribution in [0.3, 0.4) is 0 Å². The lowest BCUT2D eigenvalue weighted by molar-refractivity contribution is -0.0136. The van der Waals surface area contributed by atoms with Gasteiger partial charge >= 0.3 is 0 Å². The summed E-state index contributed by atoms with van der Waals surface area (Å²) in [6, 6.07) is 11.6. The Hall–Kier alpha value is -1.86. The van der Waals surface area contributed by atoms with Crippen LogP contribution < -0.4 is 5.32 Å². The Kier molecular flexibility index (Phi) is 3.65. The number of pyridine rings is 1. The van der Waals surface area contributed by atoms with Crippen LogP contribution >= 0.6 is 15.9 Å².